The molecule has 0 aliphatic rings. The predicted octanol–water partition coefficient (Wildman–Crippen LogP) is 2.51. The summed E-state index contributed by atoms with van der Waals surface area (Å²) in [5, 5.41) is 3.28. The topological polar surface area (TPSA) is 58.2 Å². The van der Waals surface area contributed by atoms with Crippen LogP contribution in [0.2, 0.25) is 0 Å². The molecule has 0 rings (SSSR count). The quantitative estimate of drug-likeness (QED) is 0.543. The van der Waals surface area contributed by atoms with Gasteiger partial charge in [0, 0.05) is 6.04 Å². The molecule has 0 spiro atoms. The van der Waals surface area contributed by atoms with E-state index in [1.165, 1.54) is 0 Å². The van der Waals surface area contributed by atoms with Gasteiger partial charge in [0.2, 0.25) is 10.0 Å². The minimum Gasteiger partial charge on any atom is -0.317 e. The summed E-state index contributed by atoms with van der Waals surface area (Å²) in [6.07, 6.45) is 4.76. The summed E-state index contributed by atoms with van der Waals surface area (Å²) in [6.45, 7) is 10.3. The molecule has 2 unspecified atom stereocenters. The number of sulfonamides is 1. The highest BCUT2D eigenvalue weighted by molar-refractivity contribution is 7.89. The first kappa shape index (κ1) is 18.9. The van der Waals surface area contributed by atoms with Gasteiger partial charge in [-0.1, -0.05) is 27.2 Å². The summed E-state index contributed by atoms with van der Waals surface area (Å²) in [4.78, 5) is 0. The molecule has 19 heavy (non-hydrogen) atoms. The average molecular weight is 292 g/mol. The van der Waals surface area contributed by atoms with Crippen molar-refractivity contribution in [2.75, 3.05) is 18.8 Å². The lowest BCUT2D eigenvalue weighted by Gasteiger charge is -2.17. The summed E-state index contributed by atoms with van der Waals surface area (Å²) >= 11 is 0. The van der Waals surface area contributed by atoms with Crippen molar-refractivity contribution >= 4 is 10.0 Å². The van der Waals surface area contributed by atoms with E-state index in [2.05, 4.69) is 30.8 Å². The first-order valence-corrected chi connectivity index (χ1v) is 9.27. The molecule has 0 heterocycles. The van der Waals surface area contributed by atoms with Gasteiger partial charge in [-0.15, -0.1) is 0 Å². The fourth-order valence-corrected chi connectivity index (χ4v) is 3.44. The lowest BCUT2D eigenvalue weighted by Crippen LogP contribution is -2.35. The largest absolute Gasteiger partial charge is 0.317 e. The minimum absolute atomic E-state index is 0.0400. The van der Waals surface area contributed by atoms with Crippen LogP contribution in [0.25, 0.3) is 0 Å². The molecular weight excluding hydrogens is 260 g/mol. The Morgan fingerprint density at radius 3 is 2.32 bits per heavy atom. The number of rotatable bonds is 12. The Kier molecular flexibility index (Phi) is 10.6. The summed E-state index contributed by atoms with van der Waals surface area (Å²) in [5.74, 6) is 0.807. The van der Waals surface area contributed by atoms with Crippen molar-refractivity contribution in [2.24, 2.45) is 5.92 Å². The van der Waals surface area contributed by atoms with Crippen molar-refractivity contribution in [1.29, 1.82) is 0 Å². The zero-order valence-electron chi connectivity index (χ0n) is 13.0. The summed E-state index contributed by atoms with van der Waals surface area (Å²) < 4.78 is 26.5. The molecule has 0 aromatic heterocycles. The van der Waals surface area contributed by atoms with Gasteiger partial charge in [-0.3, -0.25) is 0 Å². The molecule has 0 fully saturated rings. The molecule has 0 aromatic carbocycles. The number of nitrogens with one attached hydrogen (secondary N) is 2. The van der Waals surface area contributed by atoms with Gasteiger partial charge in [-0.05, 0) is 51.6 Å². The van der Waals surface area contributed by atoms with Crippen molar-refractivity contribution in [1.82, 2.24) is 10.0 Å². The molecule has 0 bridgehead atoms. The standard InChI is InChI=1S/C14H32N2O2S/c1-5-9-15-10-7-8-11-19(17,18)16-14(4)12-13(3)6-2/h13-16H,5-12H2,1-4H3. The third-order valence-corrected chi connectivity index (χ3v) is 4.86. The van der Waals surface area contributed by atoms with Gasteiger partial charge in [0.25, 0.3) is 0 Å². The van der Waals surface area contributed by atoms with E-state index < -0.39 is 10.0 Å². The van der Waals surface area contributed by atoms with E-state index in [4.69, 9.17) is 0 Å². The second-order valence-corrected chi connectivity index (χ2v) is 7.42. The molecule has 116 valence electrons. The lowest BCUT2D eigenvalue weighted by atomic mass is 10.0. The maximum absolute atomic E-state index is 11.9. The summed E-state index contributed by atoms with van der Waals surface area (Å²) in [7, 11) is -3.11. The maximum Gasteiger partial charge on any atom is 0.211 e. The van der Waals surface area contributed by atoms with Crippen molar-refractivity contribution in [3.8, 4) is 0 Å². The molecule has 0 radical (unpaired) electrons. The molecule has 0 saturated carbocycles. The fraction of sp³-hybridized carbons (Fsp3) is 1.00. The molecule has 0 aromatic rings. The third-order valence-electron chi connectivity index (χ3n) is 3.28. The normalized spacial score (nSPS) is 15.4. The minimum atomic E-state index is -3.11. The molecule has 4 nitrogen and oxygen atoms in total. The van der Waals surface area contributed by atoms with Gasteiger partial charge in [0.1, 0.15) is 0 Å². The molecule has 2 N–H and O–H groups in total. The van der Waals surface area contributed by atoms with Crippen LogP contribution in [0.4, 0.5) is 0 Å². The van der Waals surface area contributed by atoms with Crippen LogP contribution < -0.4 is 10.0 Å². The zero-order chi connectivity index (χ0) is 14.7. The van der Waals surface area contributed by atoms with E-state index in [0.29, 0.717) is 5.92 Å². The fourth-order valence-electron chi connectivity index (χ4n) is 2.03. The van der Waals surface area contributed by atoms with Crippen LogP contribution in [0, 0.1) is 5.92 Å². The Balaban J connectivity index is 3.79. The van der Waals surface area contributed by atoms with Gasteiger partial charge in [0.05, 0.1) is 5.75 Å². The van der Waals surface area contributed by atoms with E-state index in [9.17, 15) is 8.42 Å². The highest BCUT2D eigenvalue weighted by atomic mass is 32.2. The Hall–Kier alpha value is -0.130. The van der Waals surface area contributed by atoms with Crippen LogP contribution in [0.3, 0.4) is 0 Å². The Bertz CT molecular complexity index is 305. The van der Waals surface area contributed by atoms with Gasteiger partial charge in [0.15, 0.2) is 0 Å². The van der Waals surface area contributed by atoms with Crippen molar-refractivity contribution in [2.45, 2.75) is 65.8 Å². The monoisotopic (exact) mass is 292 g/mol. The maximum atomic E-state index is 11.9. The molecular formula is C14H32N2O2S. The van der Waals surface area contributed by atoms with E-state index >= 15 is 0 Å². The van der Waals surface area contributed by atoms with Crippen LogP contribution in [-0.2, 0) is 10.0 Å². The zero-order valence-corrected chi connectivity index (χ0v) is 13.9. The van der Waals surface area contributed by atoms with Crippen molar-refractivity contribution in [3.05, 3.63) is 0 Å². The average Bonchev–Trinajstić information content (AvgIpc) is 2.32. The number of hydrogen-bond acceptors (Lipinski definition) is 3. The lowest BCUT2D eigenvalue weighted by molar-refractivity contribution is 0.445. The van der Waals surface area contributed by atoms with E-state index in [1.807, 2.05) is 6.92 Å². The van der Waals surface area contributed by atoms with Crippen LogP contribution in [0.5, 0.6) is 0 Å². The van der Waals surface area contributed by atoms with Gasteiger partial charge < -0.3 is 5.32 Å². The second-order valence-electron chi connectivity index (χ2n) is 5.54. The molecule has 5 heteroatoms. The van der Waals surface area contributed by atoms with Crippen LogP contribution in [0.1, 0.15) is 59.8 Å². The smallest absolute Gasteiger partial charge is 0.211 e. The first-order chi connectivity index (χ1) is 8.91. The van der Waals surface area contributed by atoms with E-state index in [-0.39, 0.29) is 11.8 Å². The van der Waals surface area contributed by atoms with Gasteiger partial charge >= 0.3 is 0 Å². The highest BCUT2D eigenvalue weighted by Crippen LogP contribution is 2.10. The number of unbranched alkanes of at least 4 members (excludes halogenated alkanes) is 1. The van der Waals surface area contributed by atoms with Crippen molar-refractivity contribution < 1.29 is 8.42 Å². The summed E-state index contributed by atoms with van der Waals surface area (Å²) in [6, 6.07) is 0.0400. The predicted molar refractivity (Wildman–Crippen MR) is 82.9 cm³/mol. The molecule has 0 aliphatic carbocycles. The molecule has 0 amide bonds. The highest BCUT2D eigenvalue weighted by Gasteiger charge is 2.15. The third kappa shape index (κ3) is 11.4. The van der Waals surface area contributed by atoms with Crippen LogP contribution >= 0.6 is 0 Å². The van der Waals surface area contributed by atoms with Gasteiger partial charge in [-0.25, -0.2) is 13.1 Å². The number of hydrogen-bond donors (Lipinski definition) is 2. The first-order valence-electron chi connectivity index (χ1n) is 7.62. The SMILES string of the molecule is CCCNCCCCS(=O)(=O)NC(C)CC(C)CC. The van der Waals surface area contributed by atoms with Gasteiger partial charge in [-0.2, -0.15) is 0 Å². The summed E-state index contributed by atoms with van der Waals surface area (Å²) in [5.41, 5.74) is 0. The van der Waals surface area contributed by atoms with Crippen molar-refractivity contribution in [3.63, 3.8) is 0 Å². The van der Waals surface area contributed by atoms with Crippen LogP contribution in [-0.4, -0.2) is 33.3 Å². The Labute approximate surface area is 119 Å². The Morgan fingerprint density at radius 1 is 1.05 bits per heavy atom. The molecule has 0 aliphatic heterocycles. The van der Waals surface area contributed by atoms with Crippen LogP contribution in [0.15, 0.2) is 0 Å². The molecule has 0 saturated heterocycles. The van der Waals surface area contributed by atoms with E-state index in [0.717, 1.165) is 45.2 Å². The second kappa shape index (κ2) is 10.6. The molecule has 2 atom stereocenters. The Morgan fingerprint density at radius 2 is 1.74 bits per heavy atom. The van der Waals surface area contributed by atoms with E-state index in [1.54, 1.807) is 0 Å².